The Bertz CT molecular complexity index is 649. The minimum absolute atomic E-state index is 0.0854. The van der Waals surface area contributed by atoms with Gasteiger partial charge >= 0.3 is 0 Å². The van der Waals surface area contributed by atoms with Crippen LogP contribution in [0.1, 0.15) is 15.9 Å². The van der Waals surface area contributed by atoms with E-state index in [1.165, 1.54) is 24.4 Å². The molecule has 19 heavy (non-hydrogen) atoms. The van der Waals surface area contributed by atoms with Crippen molar-refractivity contribution in [1.82, 2.24) is 4.98 Å². The molecule has 1 aromatic carbocycles. The molecule has 0 saturated heterocycles. The molecule has 0 aliphatic carbocycles. The van der Waals surface area contributed by atoms with E-state index in [4.69, 9.17) is 11.6 Å². The van der Waals surface area contributed by atoms with E-state index in [-0.39, 0.29) is 10.6 Å². The summed E-state index contributed by atoms with van der Waals surface area (Å²) in [5.41, 5.74) is 1.48. The van der Waals surface area contributed by atoms with E-state index in [9.17, 15) is 9.18 Å². The first kappa shape index (κ1) is 14.0. The molecule has 0 atom stereocenters. The average Bonchev–Trinajstić information content (AvgIpc) is 2.37. The highest BCUT2D eigenvalue weighted by atomic mass is 79.9. The molecule has 0 fully saturated rings. The maximum atomic E-state index is 13.3. The highest BCUT2D eigenvalue weighted by molar-refractivity contribution is 9.10. The van der Waals surface area contributed by atoms with Crippen molar-refractivity contribution in [1.29, 1.82) is 0 Å². The van der Waals surface area contributed by atoms with Crippen LogP contribution in [0.3, 0.4) is 0 Å². The number of anilines is 1. The number of carbonyl (C=O) groups is 1. The number of aryl methyl sites for hydroxylation is 1. The fraction of sp³-hybridized carbons (Fsp3) is 0.0769. The Labute approximate surface area is 122 Å². The predicted molar refractivity (Wildman–Crippen MR) is 76.0 cm³/mol. The van der Waals surface area contributed by atoms with Crippen LogP contribution in [0.4, 0.5) is 10.1 Å². The van der Waals surface area contributed by atoms with Crippen molar-refractivity contribution in [3.8, 4) is 0 Å². The van der Waals surface area contributed by atoms with Crippen molar-refractivity contribution in [3.05, 3.63) is 57.0 Å². The van der Waals surface area contributed by atoms with Crippen LogP contribution in [0.5, 0.6) is 0 Å². The van der Waals surface area contributed by atoms with Gasteiger partial charge in [0.05, 0.1) is 22.5 Å². The van der Waals surface area contributed by atoms with Gasteiger partial charge in [0, 0.05) is 0 Å². The average molecular weight is 344 g/mol. The van der Waals surface area contributed by atoms with E-state index >= 15 is 0 Å². The van der Waals surface area contributed by atoms with E-state index < -0.39 is 11.7 Å². The van der Waals surface area contributed by atoms with Crippen molar-refractivity contribution >= 4 is 39.1 Å². The third-order valence-corrected chi connectivity index (χ3v) is 3.68. The minimum Gasteiger partial charge on any atom is -0.321 e. The quantitative estimate of drug-likeness (QED) is 0.831. The Balaban J connectivity index is 2.26. The predicted octanol–water partition coefficient (Wildman–Crippen LogP) is 4.20. The summed E-state index contributed by atoms with van der Waals surface area (Å²) in [5, 5.41) is 2.43. The zero-order valence-electron chi connectivity index (χ0n) is 9.88. The lowest BCUT2D eigenvalue weighted by molar-refractivity contribution is 0.102. The molecule has 0 saturated carbocycles. The lowest BCUT2D eigenvalue weighted by Gasteiger charge is -2.08. The Kier molecular flexibility index (Phi) is 4.17. The molecular weight excluding hydrogens is 335 g/mol. The van der Waals surface area contributed by atoms with Crippen molar-refractivity contribution in [2.24, 2.45) is 0 Å². The fourth-order valence-corrected chi connectivity index (χ4v) is 1.93. The first-order valence-electron chi connectivity index (χ1n) is 5.36. The van der Waals surface area contributed by atoms with Gasteiger partial charge in [0.25, 0.3) is 5.91 Å². The van der Waals surface area contributed by atoms with Gasteiger partial charge in [-0.3, -0.25) is 4.79 Å². The van der Waals surface area contributed by atoms with Crippen LogP contribution in [0.25, 0.3) is 0 Å². The molecule has 1 aromatic heterocycles. The molecule has 1 N–H and O–H groups in total. The summed E-state index contributed by atoms with van der Waals surface area (Å²) >= 11 is 9.02. The number of pyridine rings is 1. The molecule has 0 aliphatic heterocycles. The van der Waals surface area contributed by atoms with Crippen molar-refractivity contribution in [3.63, 3.8) is 0 Å². The molecule has 2 aromatic rings. The Hall–Kier alpha value is -1.46. The zero-order valence-corrected chi connectivity index (χ0v) is 12.2. The summed E-state index contributed by atoms with van der Waals surface area (Å²) in [6.45, 7) is 1.85. The van der Waals surface area contributed by atoms with Gasteiger partial charge in [-0.25, -0.2) is 9.37 Å². The van der Waals surface area contributed by atoms with Crippen LogP contribution in [0, 0.1) is 12.7 Å². The molecule has 1 heterocycles. The van der Waals surface area contributed by atoms with Crippen LogP contribution >= 0.6 is 27.5 Å². The molecule has 0 radical (unpaired) electrons. The number of aromatic nitrogens is 1. The smallest absolute Gasteiger partial charge is 0.257 e. The lowest BCUT2D eigenvalue weighted by Crippen LogP contribution is -2.13. The van der Waals surface area contributed by atoms with Crippen LogP contribution in [-0.2, 0) is 0 Å². The van der Waals surface area contributed by atoms with Crippen LogP contribution < -0.4 is 5.32 Å². The summed E-state index contributed by atoms with van der Waals surface area (Å²) in [6.07, 6.45) is 1.50. The maximum Gasteiger partial charge on any atom is 0.257 e. The molecule has 0 aliphatic rings. The lowest BCUT2D eigenvalue weighted by atomic mass is 10.2. The van der Waals surface area contributed by atoms with Crippen LogP contribution in [0.15, 0.2) is 35.1 Å². The van der Waals surface area contributed by atoms with Gasteiger partial charge in [0.2, 0.25) is 0 Å². The van der Waals surface area contributed by atoms with Gasteiger partial charge in [0.1, 0.15) is 10.4 Å². The van der Waals surface area contributed by atoms with Gasteiger partial charge in [-0.2, -0.15) is 0 Å². The van der Waals surface area contributed by atoms with E-state index in [2.05, 4.69) is 26.2 Å². The van der Waals surface area contributed by atoms with Gasteiger partial charge in [-0.15, -0.1) is 0 Å². The molecule has 2 rings (SSSR count). The number of amides is 1. The largest absolute Gasteiger partial charge is 0.321 e. The monoisotopic (exact) mass is 342 g/mol. The van der Waals surface area contributed by atoms with Crippen LogP contribution in [-0.4, -0.2) is 10.9 Å². The number of benzene rings is 1. The second kappa shape index (κ2) is 5.67. The van der Waals surface area contributed by atoms with Gasteiger partial charge in [-0.1, -0.05) is 17.7 Å². The zero-order chi connectivity index (χ0) is 14.0. The Morgan fingerprint density at radius 3 is 2.89 bits per heavy atom. The summed E-state index contributed by atoms with van der Waals surface area (Å²) in [6, 6.07) is 5.84. The normalized spacial score (nSPS) is 10.3. The molecule has 6 heteroatoms. The molecule has 0 spiro atoms. The van der Waals surface area contributed by atoms with E-state index in [0.717, 1.165) is 5.56 Å². The number of halogens is 3. The molecule has 0 unspecified atom stereocenters. The second-order valence-corrected chi connectivity index (χ2v) is 5.02. The molecule has 3 nitrogen and oxygen atoms in total. The highest BCUT2D eigenvalue weighted by Gasteiger charge is 2.13. The van der Waals surface area contributed by atoms with Gasteiger partial charge in [0.15, 0.2) is 0 Å². The van der Waals surface area contributed by atoms with E-state index in [0.29, 0.717) is 10.3 Å². The molecule has 98 valence electrons. The number of rotatable bonds is 2. The van der Waals surface area contributed by atoms with Gasteiger partial charge < -0.3 is 5.32 Å². The number of nitrogens with one attached hydrogen (secondary N) is 1. The van der Waals surface area contributed by atoms with Crippen molar-refractivity contribution in [2.45, 2.75) is 6.92 Å². The molecule has 0 bridgehead atoms. The van der Waals surface area contributed by atoms with Crippen LogP contribution in [0.2, 0.25) is 5.02 Å². The van der Waals surface area contributed by atoms with E-state index in [1.807, 2.05) is 6.92 Å². The highest BCUT2D eigenvalue weighted by Crippen LogP contribution is 2.22. The standard InChI is InChI=1S/C13H9BrClFN2O/c1-7-5-8(6-17-12(7)14)18-13(19)9-3-2-4-10(16)11(9)15/h2-6H,1H3,(H,18,19). The minimum atomic E-state index is -0.626. The number of nitrogens with zero attached hydrogens (tertiary/aromatic N) is 1. The molecular formula is C13H9BrClFN2O. The van der Waals surface area contributed by atoms with Crippen molar-refractivity contribution < 1.29 is 9.18 Å². The number of hydrogen-bond acceptors (Lipinski definition) is 2. The molecule has 1 amide bonds. The SMILES string of the molecule is Cc1cc(NC(=O)c2cccc(F)c2Cl)cnc1Br. The van der Waals surface area contributed by atoms with Gasteiger partial charge in [-0.05, 0) is 46.6 Å². The summed E-state index contributed by atoms with van der Waals surface area (Å²) in [4.78, 5) is 16.0. The van der Waals surface area contributed by atoms with E-state index in [1.54, 1.807) is 6.07 Å². The summed E-state index contributed by atoms with van der Waals surface area (Å²) in [5.74, 6) is -1.10. The third kappa shape index (κ3) is 3.11. The second-order valence-electron chi connectivity index (χ2n) is 3.89. The third-order valence-electron chi connectivity index (χ3n) is 2.47. The topological polar surface area (TPSA) is 42.0 Å². The Morgan fingerprint density at radius 1 is 1.47 bits per heavy atom. The summed E-state index contributed by atoms with van der Waals surface area (Å²) < 4.78 is 14.0. The first-order valence-corrected chi connectivity index (χ1v) is 6.53. The number of hydrogen-bond donors (Lipinski definition) is 1. The summed E-state index contributed by atoms with van der Waals surface area (Å²) in [7, 11) is 0. The first-order chi connectivity index (χ1) is 8.99. The maximum absolute atomic E-state index is 13.3. The number of carbonyl (C=O) groups excluding carboxylic acids is 1. The Morgan fingerprint density at radius 2 is 2.21 bits per heavy atom. The van der Waals surface area contributed by atoms with Crippen molar-refractivity contribution in [2.75, 3.05) is 5.32 Å². The fourth-order valence-electron chi connectivity index (χ4n) is 1.50.